The molecule has 1 aliphatic rings. The highest BCUT2D eigenvalue weighted by atomic mass is 16.6. The Kier molecular flexibility index (Phi) is 4.37. The first-order valence-electron chi connectivity index (χ1n) is 7.61. The molecule has 1 aliphatic heterocycles. The Labute approximate surface area is 139 Å². The fourth-order valence-electron chi connectivity index (χ4n) is 2.46. The summed E-state index contributed by atoms with van der Waals surface area (Å²) in [7, 11) is 0. The molecule has 2 N–H and O–H groups in total. The lowest BCUT2D eigenvalue weighted by molar-refractivity contribution is -0.125. The first-order valence-corrected chi connectivity index (χ1v) is 7.61. The topological polar surface area (TPSA) is 76.7 Å². The van der Waals surface area contributed by atoms with E-state index in [9.17, 15) is 9.59 Å². The van der Waals surface area contributed by atoms with Crippen molar-refractivity contribution in [1.29, 1.82) is 0 Å². The van der Waals surface area contributed by atoms with Crippen molar-refractivity contribution in [2.24, 2.45) is 0 Å². The Hall–Kier alpha value is -3.02. The van der Waals surface area contributed by atoms with Crippen LogP contribution in [0.15, 0.2) is 42.5 Å². The molecule has 3 rings (SSSR count). The Bertz CT molecular complexity index is 788. The molecule has 0 bridgehead atoms. The number of rotatable bonds is 3. The molecule has 0 saturated heterocycles. The number of nitrogens with one attached hydrogen (secondary N) is 2. The van der Waals surface area contributed by atoms with Crippen LogP contribution in [0.4, 0.5) is 11.4 Å². The number of hydrogen-bond donors (Lipinski definition) is 2. The number of carbonyl (C=O) groups excluding carboxylic acids is 2. The minimum Gasteiger partial charge on any atom is -0.485 e. The summed E-state index contributed by atoms with van der Waals surface area (Å²) >= 11 is 0. The Morgan fingerprint density at radius 3 is 2.38 bits per heavy atom. The summed E-state index contributed by atoms with van der Waals surface area (Å²) in [4.78, 5) is 23.7. The third-order valence-corrected chi connectivity index (χ3v) is 3.70. The van der Waals surface area contributed by atoms with Crippen molar-refractivity contribution in [2.45, 2.75) is 20.0 Å². The van der Waals surface area contributed by atoms with Crippen molar-refractivity contribution in [3.05, 3.63) is 48.0 Å². The van der Waals surface area contributed by atoms with E-state index in [1.807, 2.05) is 19.1 Å². The maximum Gasteiger partial charge on any atom is 0.269 e. The predicted molar refractivity (Wildman–Crippen MR) is 90.5 cm³/mol. The molecule has 2 amide bonds. The lowest BCUT2D eigenvalue weighted by Crippen LogP contribution is -2.40. The van der Waals surface area contributed by atoms with E-state index in [0.29, 0.717) is 22.9 Å². The summed E-state index contributed by atoms with van der Waals surface area (Å²) in [5.74, 6) is 0.716. The van der Waals surface area contributed by atoms with Gasteiger partial charge in [-0.3, -0.25) is 9.59 Å². The SMILES string of the molecule is CC(=O)Nc1cccc(NC(=O)C2COc3ccccc3O2)c1C. The predicted octanol–water partition coefficient (Wildman–Crippen LogP) is 2.73. The summed E-state index contributed by atoms with van der Waals surface area (Å²) in [5.41, 5.74) is 2.05. The van der Waals surface area contributed by atoms with Gasteiger partial charge in [0.1, 0.15) is 6.61 Å². The zero-order chi connectivity index (χ0) is 17.1. The molecule has 6 heteroatoms. The summed E-state index contributed by atoms with van der Waals surface area (Å²) in [6.45, 7) is 3.41. The van der Waals surface area contributed by atoms with Gasteiger partial charge in [-0.25, -0.2) is 0 Å². The van der Waals surface area contributed by atoms with Crippen LogP contribution in [-0.2, 0) is 9.59 Å². The van der Waals surface area contributed by atoms with E-state index in [-0.39, 0.29) is 18.4 Å². The van der Waals surface area contributed by atoms with Crippen molar-refractivity contribution in [2.75, 3.05) is 17.2 Å². The monoisotopic (exact) mass is 326 g/mol. The van der Waals surface area contributed by atoms with Gasteiger partial charge in [0.25, 0.3) is 5.91 Å². The average Bonchev–Trinajstić information content (AvgIpc) is 2.57. The Morgan fingerprint density at radius 1 is 1.00 bits per heavy atom. The molecule has 1 unspecified atom stereocenters. The quantitative estimate of drug-likeness (QED) is 0.909. The molecular weight excluding hydrogens is 308 g/mol. The van der Waals surface area contributed by atoms with Gasteiger partial charge in [0.05, 0.1) is 0 Å². The van der Waals surface area contributed by atoms with Gasteiger partial charge < -0.3 is 20.1 Å². The number of para-hydroxylation sites is 2. The van der Waals surface area contributed by atoms with Gasteiger partial charge in [-0.05, 0) is 36.8 Å². The van der Waals surface area contributed by atoms with Crippen LogP contribution < -0.4 is 20.1 Å². The minimum absolute atomic E-state index is 0.146. The summed E-state index contributed by atoms with van der Waals surface area (Å²) in [5, 5.41) is 5.56. The van der Waals surface area contributed by atoms with E-state index >= 15 is 0 Å². The molecule has 24 heavy (non-hydrogen) atoms. The highest BCUT2D eigenvalue weighted by Gasteiger charge is 2.27. The number of carbonyl (C=O) groups is 2. The van der Waals surface area contributed by atoms with Crippen LogP contribution in [0, 0.1) is 6.92 Å². The molecule has 0 spiro atoms. The molecule has 124 valence electrons. The van der Waals surface area contributed by atoms with Crippen molar-refractivity contribution in [3.63, 3.8) is 0 Å². The number of anilines is 2. The van der Waals surface area contributed by atoms with Gasteiger partial charge in [-0.1, -0.05) is 18.2 Å². The van der Waals surface area contributed by atoms with E-state index < -0.39 is 6.10 Å². The van der Waals surface area contributed by atoms with Crippen LogP contribution in [0.2, 0.25) is 0 Å². The normalized spacial score (nSPS) is 15.5. The fourth-order valence-corrected chi connectivity index (χ4v) is 2.46. The van der Waals surface area contributed by atoms with E-state index in [1.54, 1.807) is 30.3 Å². The third-order valence-electron chi connectivity index (χ3n) is 3.70. The summed E-state index contributed by atoms with van der Waals surface area (Å²) in [6, 6.07) is 12.5. The van der Waals surface area contributed by atoms with E-state index in [4.69, 9.17) is 9.47 Å². The first-order chi connectivity index (χ1) is 11.5. The smallest absolute Gasteiger partial charge is 0.269 e. The first kappa shape index (κ1) is 15.9. The molecule has 0 saturated carbocycles. The minimum atomic E-state index is -0.733. The molecular formula is C18H18N2O4. The average molecular weight is 326 g/mol. The van der Waals surface area contributed by atoms with Crippen LogP contribution in [-0.4, -0.2) is 24.5 Å². The second-order valence-corrected chi connectivity index (χ2v) is 5.51. The van der Waals surface area contributed by atoms with Gasteiger partial charge in [0.15, 0.2) is 11.5 Å². The molecule has 1 heterocycles. The molecule has 0 aliphatic carbocycles. The lowest BCUT2D eigenvalue weighted by atomic mass is 10.1. The van der Waals surface area contributed by atoms with E-state index in [2.05, 4.69) is 10.6 Å². The van der Waals surface area contributed by atoms with Gasteiger partial charge >= 0.3 is 0 Å². The molecule has 6 nitrogen and oxygen atoms in total. The van der Waals surface area contributed by atoms with Crippen LogP contribution in [0.5, 0.6) is 11.5 Å². The molecule has 0 fully saturated rings. The molecule has 2 aromatic carbocycles. The van der Waals surface area contributed by atoms with Crippen LogP contribution in [0.3, 0.4) is 0 Å². The van der Waals surface area contributed by atoms with Crippen LogP contribution in [0.1, 0.15) is 12.5 Å². The van der Waals surface area contributed by atoms with Gasteiger partial charge in [0, 0.05) is 18.3 Å². The van der Waals surface area contributed by atoms with Crippen molar-refractivity contribution < 1.29 is 19.1 Å². The largest absolute Gasteiger partial charge is 0.485 e. The Balaban J connectivity index is 1.73. The van der Waals surface area contributed by atoms with Gasteiger partial charge in [-0.15, -0.1) is 0 Å². The highest BCUT2D eigenvalue weighted by molar-refractivity contribution is 5.97. The van der Waals surface area contributed by atoms with Crippen molar-refractivity contribution >= 4 is 23.2 Å². The zero-order valence-electron chi connectivity index (χ0n) is 13.5. The number of benzene rings is 2. The second-order valence-electron chi connectivity index (χ2n) is 5.51. The standard InChI is InChI=1S/C18H18N2O4/c1-11-13(19-12(2)21)6-5-7-14(11)20-18(22)17-10-23-15-8-3-4-9-16(15)24-17/h3-9,17H,10H2,1-2H3,(H,19,21)(H,20,22). The highest BCUT2D eigenvalue weighted by Crippen LogP contribution is 2.31. The van der Waals surface area contributed by atoms with Crippen molar-refractivity contribution in [3.8, 4) is 11.5 Å². The van der Waals surface area contributed by atoms with E-state index in [0.717, 1.165) is 5.56 Å². The number of ether oxygens (including phenoxy) is 2. The molecule has 1 atom stereocenters. The molecule has 0 radical (unpaired) electrons. The fraction of sp³-hybridized carbons (Fsp3) is 0.222. The van der Waals surface area contributed by atoms with E-state index in [1.165, 1.54) is 6.92 Å². The second kappa shape index (κ2) is 6.62. The third kappa shape index (κ3) is 3.32. The maximum absolute atomic E-state index is 12.5. The zero-order valence-corrected chi connectivity index (χ0v) is 13.5. The van der Waals surface area contributed by atoms with Gasteiger partial charge in [-0.2, -0.15) is 0 Å². The van der Waals surface area contributed by atoms with Gasteiger partial charge in [0.2, 0.25) is 12.0 Å². The number of amides is 2. The van der Waals surface area contributed by atoms with Crippen molar-refractivity contribution in [1.82, 2.24) is 0 Å². The lowest BCUT2D eigenvalue weighted by Gasteiger charge is -2.26. The number of fused-ring (bicyclic) bond motifs is 1. The van der Waals surface area contributed by atoms with Crippen LogP contribution >= 0.6 is 0 Å². The van der Waals surface area contributed by atoms with Crippen LogP contribution in [0.25, 0.3) is 0 Å². The Morgan fingerprint density at radius 2 is 1.67 bits per heavy atom. The maximum atomic E-state index is 12.5. The summed E-state index contributed by atoms with van der Waals surface area (Å²) < 4.78 is 11.3. The molecule has 2 aromatic rings. The number of hydrogen-bond acceptors (Lipinski definition) is 4. The molecule has 0 aromatic heterocycles. The summed E-state index contributed by atoms with van der Waals surface area (Å²) in [6.07, 6.45) is -0.733.